The fraction of sp³-hybridized carbons (Fsp3) is 0. The molecule has 0 fully saturated rings. The van der Waals surface area contributed by atoms with Gasteiger partial charge in [-0.3, -0.25) is 4.79 Å². The molecule has 0 atom stereocenters. The fourth-order valence-electron chi connectivity index (χ4n) is 2.22. The van der Waals surface area contributed by atoms with E-state index in [-0.39, 0.29) is 17.0 Å². The molecule has 3 aromatic rings. The van der Waals surface area contributed by atoms with Crippen LogP contribution < -0.4 is 5.32 Å². The molecule has 1 heterocycles. The number of rotatable bonds is 4. The summed E-state index contributed by atoms with van der Waals surface area (Å²) < 4.78 is 6.16. The summed E-state index contributed by atoms with van der Waals surface area (Å²) in [5.74, 6) is -1.09. The number of carbonyl (C=O) groups is 2. The minimum Gasteiger partial charge on any atom is -0.478 e. The van der Waals surface area contributed by atoms with Crippen LogP contribution >= 0.6 is 27.5 Å². The first-order chi connectivity index (χ1) is 11.9. The molecule has 0 radical (unpaired) electrons. The molecule has 0 bridgehead atoms. The molecule has 0 aliphatic heterocycles. The normalized spacial score (nSPS) is 10.5. The number of carboxylic acid groups (broad SMARTS) is 1. The molecule has 0 spiro atoms. The minimum absolute atomic E-state index is 0.0211. The molecule has 3 rings (SSSR count). The second kappa shape index (κ2) is 7.13. The maximum Gasteiger partial charge on any atom is 0.337 e. The molecule has 25 heavy (non-hydrogen) atoms. The Morgan fingerprint density at radius 2 is 1.76 bits per heavy atom. The number of aromatic carboxylic acids is 1. The Balaban J connectivity index is 1.83. The first-order valence-corrected chi connectivity index (χ1v) is 8.31. The summed E-state index contributed by atoms with van der Waals surface area (Å²) in [4.78, 5) is 23.6. The van der Waals surface area contributed by atoms with Gasteiger partial charge in [0.1, 0.15) is 5.76 Å². The Bertz CT molecular complexity index is 950. The van der Waals surface area contributed by atoms with Gasteiger partial charge in [0.25, 0.3) is 5.91 Å². The van der Waals surface area contributed by atoms with Gasteiger partial charge in [0, 0.05) is 15.1 Å². The number of amides is 1. The molecule has 0 saturated carbocycles. The summed E-state index contributed by atoms with van der Waals surface area (Å²) in [5.41, 5.74) is 0.940. The molecular weight excluding hydrogens is 410 g/mol. The molecule has 0 saturated heterocycles. The number of carboxylic acids is 1. The molecule has 1 aromatic heterocycles. The van der Waals surface area contributed by atoms with E-state index in [1.54, 1.807) is 36.4 Å². The van der Waals surface area contributed by atoms with Gasteiger partial charge in [-0.05, 0) is 54.6 Å². The van der Waals surface area contributed by atoms with Crippen molar-refractivity contribution in [2.24, 2.45) is 0 Å². The summed E-state index contributed by atoms with van der Waals surface area (Å²) in [7, 11) is 0. The quantitative estimate of drug-likeness (QED) is 0.599. The third-order valence-corrected chi connectivity index (χ3v) is 4.16. The minimum atomic E-state index is -1.14. The van der Waals surface area contributed by atoms with E-state index in [9.17, 15) is 14.7 Å². The van der Waals surface area contributed by atoms with Gasteiger partial charge in [-0.15, -0.1) is 0 Å². The first kappa shape index (κ1) is 17.3. The van der Waals surface area contributed by atoms with Crippen LogP contribution in [0.1, 0.15) is 20.9 Å². The van der Waals surface area contributed by atoms with E-state index in [1.807, 2.05) is 0 Å². The Hall–Kier alpha value is -2.57. The smallest absolute Gasteiger partial charge is 0.337 e. The molecule has 2 aromatic carbocycles. The lowest BCUT2D eigenvalue weighted by Crippen LogP contribution is -2.14. The Morgan fingerprint density at radius 1 is 1.04 bits per heavy atom. The Morgan fingerprint density at radius 3 is 2.44 bits per heavy atom. The van der Waals surface area contributed by atoms with Crippen molar-refractivity contribution in [1.82, 2.24) is 0 Å². The molecule has 5 nitrogen and oxygen atoms in total. The molecule has 2 N–H and O–H groups in total. The topological polar surface area (TPSA) is 79.5 Å². The molecule has 1 amide bonds. The molecule has 0 aliphatic rings. The Labute approximate surface area is 156 Å². The SMILES string of the molecule is O=C(Nc1ccc(Br)cc1C(=O)O)c1ccc(-c2ccc(Cl)cc2)o1. The second-order valence-corrected chi connectivity index (χ2v) is 6.47. The molecule has 0 aliphatic carbocycles. The lowest BCUT2D eigenvalue weighted by Gasteiger charge is -2.07. The summed E-state index contributed by atoms with van der Waals surface area (Å²) in [6.07, 6.45) is 0. The van der Waals surface area contributed by atoms with Crippen molar-refractivity contribution in [3.63, 3.8) is 0 Å². The van der Waals surface area contributed by atoms with Crippen molar-refractivity contribution in [2.45, 2.75) is 0 Å². The van der Waals surface area contributed by atoms with Gasteiger partial charge < -0.3 is 14.8 Å². The van der Waals surface area contributed by atoms with E-state index in [0.717, 1.165) is 5.56 Å². The van der Waals surface area contributed by atoms with E-state index in [0.29, 0.717) is 15.3 Å². The van der Waals surface area contributed by atoms with Crippen LogP contribution in [-0.4, -0.2) is 17.0 Å². The zero-order chi connectivity index (χ0) is 18.0. The van der Waals surface area contributed by atoms with E-state index in [1.165, 1.54) is 18.2 Å². The second-order valence-electron chi connectivity index (χ2n) is 5.12. The third kappa shape index (κ3) is 3.92. The van der Waals surface area contributed by atoms with Gasteiger partial charge in [-0.25, -0.2) is 4.79 Å². The average Bonchev–Trinajstić information content (AvgIpc) is 3.07. The molecule has 7 heteroatoms. The molecule has 126 valence electrons. The predicted octanol–water partition coefficient (Wildman–Crippen LogP) is 5.31. The summed E-state index contributed by atoms with van der Waals surface area (Å²) in [6.45, 7) is 0. The van der Waals surface area contributed by atoms with Gasteiger partial charge in [0.2, 0.25) is 0 Å². The van der Waals surface area contributed by atoms with Gasteiger partial charge in [0.15, 0.2) is 5.76 Å². The monoisotopic (exact) mass is 419 g/mol. The highest BCUT2D eigenvalue weighted by molar-refractivity contribution is 9.10. The largest absolute Gasteiger partial charge is 0.478 e. The van der Waals surface area contributed by atoms with Gasteiger partial charge >= 0.3 is 5.97 Å². The lowest BCUT2D eigenvalue weighted by molar-refractivity contribution is 0.0698. The number of halogens is 2. The van der Waals surface area contributed by atoms with Gasteiger partial charge in [-0.2, -0.15) is 0 Å². The average molecular weight is 421 g/mol. The standard InChI is InChI=1S/C18H11BrClNO4/c19-11-3-6-14(13(9-11)18(23)24)21-17(22)16-8-7-15(25-16)10-1-4-12(20)5-2-10/h1-9H,(H,21,22)(H,23,24). The van der Waals surface area contributed by atoms with Gasteiger partial charge in [0.05, 0.1) is 11.3 Å². The molecule has 0 unspecified atom stereocenters. The van der Waals surface area contributed by atoms with Crippen LogP contribution in [0.4, 0.5) is 5.69 Å². The van der Waals surface area contributed by atoms with Crippen LogP contribution in [0.3, 0.4) is 0 Å². The van der Waals surface area contributed by atoms with Crippen molar-refractivity contribution >= 4 is 45.1 Å². The molecular formula is C18H11BrClNO4. The number of hydrogen-bond donors (Lipinski definition) is 2. The summed E-state index contributed by atoms with van der Waals surface area (Å²) in [6, 6.07) is 14.8. The fourth-order valence-corrected chi connectivity index (χ4v) is 2.70. The van der Waals surface area contributed by atoms with Crippen LogP contribution in [0.2, 0.25) is 5.02 Å². The van der Waals surface area contributed by atoms with Crippen LogP contribution in [0.15, 0.2) is 63.5 Å². The highest BCUT2D eigenvalue weighted by Crippen LogP contribution is 2.25. The number of anilines is 1. The zero-order valence-electron chi connectivity index (χ0n) is 12.6. The van der Waals surface area contributed by atoms with Crippen LogP contribution in [0, 0.1) is 0 Å². The van der Waals surface area contributed by atoms with Crippen molar-refractivity contribution in [2.75, 3.05) is 5.32 Å². The van der Waals surface area contributed by atoms with E-state index in [4.69, 9.17) is 16.0 Å². The maximum absolute atomic E-state index is 12.3. The van der Waals surface area contributed by atoms with E-state index >= 15 is 0 Å². The highest BCUT2D eigenvalue weighted by atomic mass is 79.9. The first-order valence-electron chi connectivity index (χ1n) is 7.14. The van der Waals surface area contributed by atoms with Crippen molar-refractivity contribution in [3.05, 3.63) is 75.4 Å². The van der Waals surface area contributed by atoms with Crippen molar-refractivity contribution < 1.29 is 19.1 Å². The number of nitrogens with one attached hydrogen (secondary N) is 1. The van der Waals surface area contributed by atoms with E-state index < -0.39 is 11.9 Å². The number of carbonyl (C=O) groups excluding carboxylic acids is 1. The van der Waals surface area contributed by atoms with Gasteiger partial charge in [-0.1, -0.05) is 27.5 Å². The van der Waals surface area contributed by atoms with Crippen LogP contribution in [0.5, 0.6) is 0 Å². The lowest BCUT2D eigenvalue weighted by atomic mass is 10.2. The highest BCUT2D eigenvalue weighted by Gasteiger charge is 2.17. The third-order valence-electron chi connectivity index (χ3n) is 3.42. The number of benzene rings is 2. The van der Waals surface area contributed by atoms with Crippen LogP contribution in [-0.2, 0) is 0 Å². The number of furan rings is 1. The van der Waals surface area contributed by atoms with Crippen molar-refractivity contribution in [1.29, 1.82) is 0 Å². The van der Waals surface area contributed by atoms with E-state index in [2.05, 4.69) is 21.2 Å². The summed E-state index contributed by atoms with van der Waals surface area (Å²) in [5, 5.41) is 12.4. The Kier molecular flexibility index (Phi) is 4.92. The zero-order valence-corrected chi connectivity index (χ0v) is 15.0. The maximum atomic E-state index is 12.3. The number of hydrogen-bond acceptors (Lipinski definition) is 3. The van der Waals surface area contributed by atoms with Crippen molar-refractivity contribution in [3.8, 4) is 11.3 Å². The van der Waals surface area contributed by atoms with Crippen LogP contribution in [0.25, 0.3) is 11.3 Å². The summed E-state index contributed by atoms with van der Waals surface area (Å²) >= 11 is 9.06. The predicted molar refractivity (Wildman–Crippen MR) is 98.2 cm³/mol.